The second kappa shape index (κ2) is 7.86. The number of hydrogen-bond acceptors (Lipinski definition) is 6. The maximum absolute atomic E-state index is 12.9. The lowest BCUT2D eigenvalue weighted by Crippen LogP contribution is -2.31. The molecule has 1 fully saturated rings. The Kier molecular flexibility index (Phi) is 5.31. The molecule has 1 aliphatic rings. The van der Waals surface area contributed by atoms with Crippen molar-refractivity contribution in [3.8, 4) is 0 Å². The van der Waals surface area contributed by atoms with Crippen LogP contribution in [-0.2, 0) is 0 Å². The molecule has 1 atom stereocenters. The van der Waals surface area contributed by atoms with Gasteiger partial charge in [0.05, 0.1) is 9.58 Å². The summed E-state index contributed by atoms with van der Waals surface area (Å²) in [6.07, 6.45) is 0.977. The number of anilines is 2. The van der Waals surface area contributed by atoms with E-state index in [0.29, 0.717) is 6.04 Å². The summed E-state index contributed by atoms with van der Waals surface area (Å²) in [7, 11) is 0. The van der Waals surface area contributed by atoms with E-state index in [1.54, 1.807) is 11.3 Å². The number of nitrogens with one attached hydrogen (secondary N) is 1. The maximum atomic E-state index is 12.9. The van der Waals surface area contributed by atoms with E-state index in [4.69, 9.17) is 4.98 Å². The van der Waals surface area contributed by atoms with Gasteiger partial charge < -0.3 is 15.1 Å². The molecule has 0 aliphatic carbocycles. The molecule has 3 aromatic rings. The number of aromatic nitrogens is 1. The average Bonchev–Trinajstić information content (AvgIpc) is 3.38. The monoisotopic (exact) mass is 400 g/mol. The second-order valence-electron chi connectivity index (χ2n) is 6.70. The van der Waals surface area contributed by atoms with Crippen molar-refractivity contribution in [2.24, 2.45) is 0 Å². The summed E-state index contributed by atoms with van der Waals surface area (Å²) in [6, 6.07) is 12.5. The van der Waals surface area contributed by atoms with Gasteiger partial charge in [-0.1, -0.05) is 29.5 Å². The fourth-order valence-corrected chi connectivity index (χ4v) is 5.75. The highest BCUT2D eigenvalue weighted by Crippen LogP contribution is 2.35. The largest absolute Gasteiger partial charge is 0.380 e. The van der Waals surface area contributed by atoms with Gasteiger partial charge >= 0.3 is 0 Å². The Morgan fingerprint density at radius 2 is 2.04 bits per heavy atom. The number of rotatable bonds is 6. The number of thiophene rings is 1. The third kappa shape index (κ3) is 3.80. The first-order chi connectivity index (χ1) is 13.2. The van der Waals surface area contributed by atoms with Crippen molar-refractivity contribution in [1.29, 1.82) is 0 Å². The van der Waals surface area contributed by atoms with E-state index in [0.717, 1.165) is 57.8 Å². The molecular formula is C20H24N4OS2. The number of thiazole rings is 1. The van der Waals surface area contributed by atoms with Crippen LogP contribution in [0.1, 0.15) is 29.9 Å². The molecule has 142 valence electrons. The number of hydrogen-bond donors (Lipinski definition) is 1. The minimum Gasteiger partial charge on any atom is -0.380 e. The normalized spacial score (nSPS) is 16.8. The van der Waals surface area contributed by atoms with E-state index in [9.17, 15) is 4.79 Å². The molecule has 0 radical (unpaired) electrons. The molecule has 7 heteroatoms. The first kappa shape index (κ1) is 18.3. The molecule has 3 heterocycles. The van der Waals surface area contributed by atoms with Crippen LogP contribution < -0.4 is 10.2 Å². The highest BCUT2D eigenvalue weighted by atomic mass is 32.1. The summed E-state index contributed by atoms with van der Waals surface area (Å²) in [5.74, 6) is 0.131. The molecule has 27 heavy (non-hydrogen) atoms. The van der Waals surface area contributed by atoms with E-state index < -0.39 is 0 Å². The highest BCUT2D eigenvalue weighted by Gasteiger charge is 2.28. The summed E-state index contributed by atoms with van der Waals surface area (Å²) in [5, 5.41) is 4.57. The number of benzene rings is 1. The molecule has 0 bridgehead atoms. The number of nitrogens with zero attached hydrogens (tertiary/aromatic N) is 3. The van der Waals surface area contributed by atoms with Crippen LogP contribution >= 0.6 is 22.7 Å². The zero-order valence-corrected chi connectivity index (χ0v) is 17.3. The maximum Gasteiger partial charge on any atom is 0.264 e. The van der Waals surface area contributed by atoms with Gasteiger partial charge in [-0.15, -0.1) is 11.3 Å². The molecule has 1 aromatic carbocycles. The fourth-order valence-electron chi connectivity index (χ4n) is 3.45. The number of fused-ring (bicyclic) bond motifs is 1. The average molecular weight is 401 g/mol. The fraction of sp³-hybridized carbons (Fsp3) is 0.400. The van der Waals surface area contributed by atoms with Crippen LogP contribution in [-0.4, -0.2) is 48.0 Å². The molecule has 1 saturated heterocycles. The topological polar surface area (TPSA) is 48.5 Å². The quantitative estimate of drug-likeness (QED) is 0.660. The summed E-state index contributed by atoms with van der Waals surface area (Å²) in [4.78, 5) is 23.6. The van der Waals surface area contributed by atoms with Crippen LogP contribution in [0.3, 0.4) is 0 Å². The molecule has 2 aromatic heterocycles. The van der Waals surface area contributed by atoms with Crippen LogP contribution in [0, 0.1) is 0 Å². The molecular weight excluding hydrogens is 376 g/mol. The van der Waals surface area contributed by atoms with Gasteiger partial charge in [0, 0.05) is 37.9 Å². The number of carbonyl (C=O) groups excluding carboxylic acids is 1. The Labute approximate surface area is 167 Å². The highest BCUT2D eigenvalue weighted by molar-refractivity contribution is 7.29. The van der Waals surface area contributed by atoms with Crippen molar-refractivity contribution in [1.82, 2.24) is 9.88 Å². The molecule has 1 aliphatic heterocycles. The third-order valence-corrected chi connectivity index (χ3v) is 7.15. The second-order valence-corrected chi connectivity index (χ2v) is 8.74. The number of para-hydroxylation sites is 1. The molecule has 1 N–H and O–H groups in total. The molecule has 0 saturated carbocycles. The minimum absolute atomic E-state index is 0.131. The Bertz CT molecular complexity index is 885. The van der Waals surface area contributed by atoms with Gasteiger partial charge in [0.1, 0.15) is 4.83 Å². The minimum atomic E-state index is 0.131. The molecule has 1 unspecified atom stereocenters. The van der Waals surface area contributed by atoms with E-state index in [2.05, 4.69) is 36.2 Å². The van der Waals surface area contributed by atoms with Crippen LogP contribution in [0.15, 0.2) is 36.4 Å². The van der Waals surface area contributed by atoms with E-state index >= 15 is 0 Å². The zero-order chi connectivity index (χ0) is 18.8. The lowest BCUT2D eigenvalue weighted by molar-refractivity contribution is 0.0796. The predicted molar refractivity (Wildman–Crippen MR) is 115 cm³/mol. The van der Waals surface area contributed by atoms with E-state index in [1.165, 1.54) is 11.3 Å². The lowest BCUT2D eigenvalue weighted by Gasteiger charge is -2.17. The van der Waals surface area contributed by atoms with Crippen LogP contribution in [0.4, 0.5) is 10.8 Å². The van der Waals surface area contributed by atoms with E-state index in [1.807, 2.05) is 29.2 Å². The van der Waals surface area contributed by atoms with Gasteiger partial charge in [-0.05, 0) is 38.5 Å². The summed E-state index contributed by atoms with van der Waals surface area (Å²) < 4.78 is 1.11. The van der Waals surface area contributed by atoms with Crippen molar-refractivity contribution >= 4 is 48.9 Å². The molecule has 4 rings (SSSR count). The Morgan fingerprint density at radius 1 is 1.26 bits per heavy atom. The Balaban J connectivity index is 1.43. The number of carbonyl (C=O) groups is 1. The van der Waals surface area contributed by atoms with Gasteiger partial charge in [-0.25, -0.2) is 4.98 Å². The summed E-state index contributed by atoms with van der Waals surface area (Å²) in [6.45, 7) is 7.73. The molecule has 1 amide bonds. The smallest absolute Gasteiger partial charge is 0.264 e. The lowest BCUT2D eigenvalue weighted by atomic mass is 10.2. The van der Waals surface area contributed by atoms with Crippen molar-refractivity contribution in [3.63, 3.8) is 0 Å². The zero-order valence-electron chi connectivity index (χ0n) is 15.6. The van der Waals surface area contributed by atoms with Crippen molar-refractivity contribution in [2.75, 3.05) is 36.4 Å². The molecule has 5 nitrogen and oxygen atoms in total. The number of amides is 1. The van der Waals surface area contributed by atoms with Gasteiger partial charge in [0.25, 0.3) is 5.91 Å². The molecule has 0 spiro atoms. The SMILES string of the molecule is CCN(CC)c1nc2sc(C(=O)N3CCC(Nc4ccccc4)C3)cc2s1. The van der Waals surface area contributed by atoms with Crippen molar-refractivity contribution in [3.05, 3.63) is 41.3 Å². The van der Waals surface area contributed by atoms with E-state index in [-0.39, 0.29) is 5.91 Å². The van der Waals surface area contributed by atoms with Gasteiger partial charge in [0.15, 0.2) is 5.13 Å². The van der Waals surface area contributed by atoms with Crippen LogP contribution in [0.5, 0.6) is 0 Å². The Morgan fingerprint density at radius 3 is 2.74 bits per heavy atom. The first-order valence-corrected chi connectivity index (χ1v) is 11.1. The van der Waals surface area contributed by atoms with Crippen LogP contribution in [0.2, 0.25) is 0 Å². The van der Waals surface area contributed by atoms with Gasteiger partial charge in [0.2, 0.25) is 0 Å². The number of likely N-dealkylation sites (tertiary alicyclic amines) is 1. The van der Waals surface area contributed by atoms with Crippen molar-refractivity contribution in [2.45, 2.75) is 26.3 Å². The Hall–Kier alpha value is -2.12. The summed E-state index contributed by atoms with van der Waals surface area (Å²) >= 11 is 3.20. The van der Waals surface area contributed by atoms with Crippen molar-refractivity contribution < 1.29 is 4.79 Å². The van der Waals surface area contributed by atoms with Gasteiger partial charge in [-0.3, -0.25) is 4.79 Å². The van der Waals surface area contributed by atoms with Crippen LogP contribution in [0.25, 0.3) is 9.53 Å². The standard InChI is InChI=1S/C20H24N4OS2/c1-3-23(4-2)20-22-18-16(27-20)12-17(26-18)19(25)24-11-10-15(13-24)21-14-8-6-5-7-9-14/h5-9,12,15,21H,3-4,10-11,13H2,1-2H3. The summed E-state index contributed by atoms with van der Waals surface area (Å²) in [5.41, 5.74) is 1.11. The predicted octanol–water partition coefficient (Wildman–Crippen LogP) is 4.53. The third-order valence-electron chi connectivity index (χ3n) is 4.94. The first-order valence-electron chi connectivity index (χ1n) is 9.44. The van der Waals surface area contributed by atoms with Gasteiger partial charge in [-0.2, -0.15) is 0 Å².